The Labute approximate surface area is 259 Å². The number of ether oxygens (including phenoxy) is 2. The van der Waals surface area contributed by atoms with Crippen LogP contribution < -0.4 is 0 Å². The van der Waals surface area contributed by atoms with Crippen LogP contribution in [-0.4, -0.2) is 73.8 Å². The third-order valence-electron chi connectivity index (χ3n) is 11.1. The molecule has 0 bridgehead atoms. The summed E-state index contributed by atoms with van der Waals surface area (Å²) in [5, 5.41) is 46.9. The molecule has 5 rings (SSSR count). The monoisotopic (exact) mass is 610 g/mol. The van der Waals surface area contributed by atoms with Gasteiger partial charge >= 0.3 is 11.9 Å². The minimum Gasteiger partial charge on any atom is -0.454 e. The molecule has 1 aromatic carbocycles. The second-order valence-corrected chi connectivity index (χ2v) is 13.8. The van der Waals surface area contributed by atoms with E-state index in [1.807, 2.05) is 13.8 Å². The number of fused-ring (bicyclic) bond motifs is 5. The number of ketones is 1. The van der Waals surface area contributed by atoms with E-state index >= 15 is 0 Å². The predicted molar refractivity (Wildman–Crippen MR) is 161 cm³/mol. The average Bonchev–Trinajstić information content (AvgIpc) is 3.40. The Morgan fingerprint density at radius 1 is 1.02 bits per heavy atom. The number of benzene rings is 1. The van der Waals surface area contributed by atoms with Crippen LogP contribution in [0.1, 0.15) is 83.5 Å². The molecule has 2 fully saturated rings. The van der Waals surface area contributed by atoms with Gasteiger partial charge < -0.3 is 29.9 Å². The quantitative estimate of drug-likeness (QED) is 0.177. The van der Waals surface area contributed by atoms with E-state index in [4.69, 9.17) is 9.47 Å². The maximum atomic E-state index is 13.6. The smallest absolute Gasteiger partial charge is 0.338 e. The third-order valence-corrected chi connectivity index (χ3v) is 11.1. The molecular weight excluding hydrogens is 564 g/mol. The highest BCUT2D eigenvalue weighted by Crippen LogP contribution is 2.77. The van der Waals surface area contributed by atoms with Crippen molar-refractivity contribution in [3.05, 3.63) is 59.2 Å². The van der Waals surface area contributed by atoms with Gasteiger partial charge in [0.05, 0.1) is 23.9 Å². The summed E-state index contributed by atoms with van der Waals surface area (Å²) < 4.78 is 12.6. The van der Waals surface area contributed by atoms with Crippen LogP contribution in [0.5, 0.6) is 0 Å². The molecule has 4 aliphatic carbocycles. The summed E-state index contributed by atoms with van der Waals surface area (Å²) in [6.07, 6.45) is 4.85. The number of aliphatic hydroxyl groups excluding tert-OH is 2. The summed E-state index contributed by atoms with van der Waals surface area (Å²) in [6, 6.07) is 8.37. The zero-order valence-corrected chi connectivity index (χ0v) is 26.3. The van der Waals surface area contributed by atoms with Gasteiger partial charge in [0, 0.05) is 35.5 Å². The molecule has 0 aromatic heterocycles. The third kappa shape index (κ3) is 4.61. The van der Waals surface area contributed by atoms with Crippen molar-refractivity contribution < 1.29 is 44.3 Å². The van der Waals surface area contributed by atoms with Crippen molar-refractivity contribution in [2.24, 2.45) is 29.1 Å². The van der Waals surface area contributed by atoms with E-state index in [-0.39, 0.29) is 23.1 Å². The molecule has 9 atom stereocenters. The van der Waals surface area contributed by atoms with Crippen molar-refractivity contribution in [2.75, 3.05) is 6.61 Å². The van der Waals surface area contributed by atoms with E-state index in [9.17, 15) is 34.8 Å². The van der Waals surface area contributed by atoms with E-state index in [1.165, 1.54) is 12.2 Å². The van der Waals surface area contributed by atoms with Gasteiger partial charge in [0.25, 0.3) is 0 Å². The number of Topliss-reactive ketones (excluding diaryl/α,β-unsaturated/α-hetero) is 1. The molecule has 0 saturated heterocycles. The predicted octanol–water partition coefficient (Wildman–Crippen LogP) is 3.68. The fourth-order valence-corrected chi connectivity index (χ4v) is 8.77. The summed E-state index contributed by atoms with van der Waals surface area (Å²) in [4.78, 5) is 40.4. The van der Waals surface area contributed by atoms with Crippen molar-refractivity contribution in [3.8, 4) is 0 Å². The summed E-state index contributed by atoms with van der Waals surface area (Å²) in [5.41, 5.74) is -6.05. The summed E-state index contributed by atoms with van der Waals surface area (Å²) in [6.45, 7) is 8.34. The second-order valence-electron chi connectivity index (χ2n) is 13.8. The first-order valence-corrected chi connectivity index (χ1v) is 15.9. The topological polar surface area (TPSA) is 151 Å². The summed E-state index contributed by atoms with van der Waals surface area (Å²) >= 11 is 0. The maximum Gasteiger partial charge on any atom is 0.338 e. The largest absolute Gasteiger partial charge is 0.454 e. The number of hydrogen-bond donors (Lipinski definition) is 4. The zero-order valence-electron chi connectivity index (χ0n) is 26.3. The number of unbranched alkanes of at least 4 members (excludes halogenated alkanes) is 4. The van der Waals surface area contributed by atoms with Gasteiger partial charge in [0.2, 0.25) is 0 Å². The Hall–Kier alpha value is -2.85. The van der Waals surface area contributed by atoms with Crippen LogP contribution in [0, 0.1) is 29.1 Å². The lowest BCUT2D eigenvalue weighted by atomic mass is 9.58. The lowest BCUT2D eigenvalue weighted by Gasteiger charge is -2.54. The molecule has 2 saturated carbocycles. The molecule has 1 aromatic rings. The fourth-order valence-electron chi connectivity index (χ4n) is 8.77. The molecule has 0 aliphatic heterocycles. The lowest BCUT2D eigenvalue weighted by Crippen LogP contribution is -2.68. The van der Waals surface area contributed by atoms with E-state index in [1.54, 1.807) is 44.2 Å². The molecule has 4 N–H and O–H groups in total. The lowest BCUT2D eigenvalue weighted by molar-refractivity contribution is -0.233. The molecule has 0 heterocycles. The van der Waals surface area contributed by atoms with Gasteiger partial charge in [-0.1, -0.05) is 77.7 Å². The number of esters is 2. The van der Waals surface area contributed by atoms with Crippen molar-refractivity contribution in [1.82, 2.24) is 0 Å². The minimum atomic E-state index is -2.23. The fraction of sp³-hybridized carbons (Fsp3) is 0.629. The van der Waals surface area contributed by atoms with Crippen molar-refractivity contribution >= 4 is 17.7 Å². The molecule has 44 heavy (non-hydrogen) atoms. The molecular formula is C35H46O9. The van der Waals surface area contributed by atoms with E-state index in [0.717, 1.165) is 25.7 Å². The van der Waals surface area contributed by atoms with Crippen LogP contribution in [0.2, 0.25) is 0 Å². The summed E-state index contributed by atoms with van der Waals surface area (Å²) in [7, 11) is 0. The normalized spacial score (nSPS) is 38.3. The summed E-state index contributed by atoms with van der Waals surface area (Å²) in [5.74, 6) is -5.84. The van der Waals surface area contributed by atoms with E-state index in [2.05, 4.69) is 6.92 Å². The minimum absolute atomic E-state index is 0.000607. The van der Waals surface area contributed by atoms with E-state index in [0.29, 0.717) is 6.42 Å². The highest BCUT2D eigenvalue weighted by atomic mass is 16.6. The Kier molecular flexibility index (Phi) is 8.51. The number of carbonyl (C=O) groups is 3. The standard InChI is InChI=1S/C35H46O9/c1-6-7-8-9-13-16-25(37)44-35-28(32(35,4)5)26-27(38)23(19-36)18-33(41)24(17-20(2)29(33)39)34(26,42)21(3)30(35)43-31(40)22-14-11-10-12-15-22/h10-12,14-15,17-18,21,24,26-28,30,36,38,41-42H,6-9,13,16,19H2,1-5H3/t21-,24-,26+,27+,28-,30-,33-,34+,35-/m1/s1. The van der Waals surface area contributed by atoms with Crippen molar-refractivity contribution in [2.45, 2.75) is 102 Å². The van der Waals surface area contributed by atoms with Crippen LogP contribution in [-0.2, 0) is 19.1 Å². The highest BCUT2D eigenvalue weighted by Gasteiger charge is 2.89. The Morgan fingerprint density at radius 3 is 2.32 bits per heavy atom. The van der Waals surface area contributed by atoms with Gasteiger partial charge in [0.1, 0.15) is 6.10 Å². The highest BCUT2D eigenvalue weighted by molar-refractivity contribution is 6.06. The van der Waals surface area contributed by atoms with Crippen LogP contribution in [0.25, 0.3) is 0 Å². The van der Waals surface area contributed by atoms with Gasteiger partial charge in [-0.05, 0) is 42.7 Å². The van der Waals surface area contributed by atoms with Crippen molar-refractivity contribution in [1.29, 1.82) is 0 Å². The number of rotatable bonds is 10. The molecule has 0 unspecified atom stereocenters. The molecule has 9 nitrogen and oxygen atoms in total. The molecule has 0 amide bonds. The average molecular weight is 611 g/mol. The van der Waals surface area contributed by atoms with Crippen LogP contribution in [0.3, 0.4) is 0 Å². The first-order valence-electron chi connectivity index (χ1n) is 15.9. The van der Waals surface area contributed by atoms with Gasteiger partial charge in [0.15, 0.2) is 17.0 Å². The molecule has 4 aliphatic rings. The van der Waals surface area contributed by atoms with Crippen LogP contribution >= 0.6 is 0 Å². The van der Waals surface area contributed by atoms with Gasteiger partial charge in [-0.3, -0.25) is 9.59 Å². The SMILES string of the molecule is CCCCCCCC(=O)O[C@@]12[C@H](OC(=O)c3ccccc3)[C@@H](C)[C@@]3(O)[C@H]([C@@H]1C2(C)C)[C@@H](O)C(CO)=C[C@]1(O)C(=O)C(C)=C[C@@H]31. The first-order chi connectivity index (χ1) is 20.7. The van der Waals surface area contributed by atoms with E-state index < -0.39 is 82.4 Å². The number of aliphatic hydroxyl groups is 4. The Bertz CT molecular complexity index is 1370. The van der Waals surface area contributed by atoms with Gasteiger partial charge in [-0.2, -0.15) is 0 Å². The Morgan fingerprint density at radius 2 is 1.68 bits per heavy atom. The Balaban J connectivity index is 1.61. The molecule has 0 spiro atoms. The van der Waals surface area contributed by atoms with Crippen LogP contribution in [0.4, 0.5) is 0 Å². The second kappa shape index (κ2) is 11.5. The molecule has 240 valence electrons. The van der Waals surface area contributed by atoms with Gasteiger partial charge in [-0.15, -0.1) is 0 Å². The first kappa shape index (κ1) is 32.5. The number of hydrogen-bond acceptors (Lipinski definition) is 9. The molecule has 9 heteroatoms. The number of carbonyl (C=O) groups excluding carboxylic acids is 3. The van der Waals surface area contributed by atoms with Crippen LogP contribution in [0.15, 0.2) is 53.6 Å². The van der Waals surface area contributed by atoms with Gasteiger partial charge in [-0.25, -0.2) is 4.79 Å². The zero-order chi connectivity index (χ0) is 32.2. The molecule has 0 radical (unpaired) electrons. The van der Waals surface area contributed by atoms with Crippen molar-refractivity contribution in [3.63, 3.8) is 0 Å². The maximum absolute atomic E-state index is 13.6.